The number of hydrogen-bond acceptors (Lipinski definition) is 4. The van der Waals surface area contributed by atoms with Crippen molar-refractivity contribution in [2.24, 2.45) is 10.9 Å². The van der Waals surface area contributed by atoms with Gasteiger partial charge in [-0.15, -0.1) is 10.2 Å². The van der Waals surface area contributed by atoms with E-state index in [9.17, 15) is 0 Å². The van der Waals surface area contributed by atoms with Crippen molar-refractivity contribution in [3.05, 3.63) is 30.2 Å². The summed E-state index contributed by atoms with van der Waals surface area (Å²) >= 11 is 0. The van der Waals surface area contributed by atoms with Gasteiger partial charge in [-0.2, -0.15) is 0 Å². The zero-order valence-electron chi connectivity index (χ0n) is 14.6. The molecule has 1 aliphatic rings. The highest BCUT2D eigenvalue weighted by Gasteiger charge is 2.16. The first-order chi connectivity index (χ1) is 11.8. The molecule has 1 saturated heterocycles. The molecule has 7 nitrogen and oxygen atoms in total. The maximum absolute atomic E-state index is 4.29. The van der Waals surface area contributed by atoms with Gasteiger partial charge < -0.3 is 15.5 Å². The minimum Gasteiger partial charge on any atom is -0.356 e. The molecule has 0 saturated carbocycles. The van der Waals surface area contributed by atoms with E-state index in [2.05, 4.69) is 37.8 Å². The second kappa shape index (κ2) is 8.10. The van der Waals surface area contributed by atoms with E-state index >= 15 is 0 Å². The molecule has 24 heavy (non-hydrogen) atoms. The molecule has 0 atom stereocenters. The van der Waals surface area contributed by atoms with E-state index in [-0.39, 0.29) is 0 Å². The lowest BCUT2D eigenvalue weighted by atomic mass is 9.94. The Morgan fingerprint density at radius 2 is 2.08 bits per heavy atom. The summed E-state index contributed by atoms with van der Waals surface area (Å²) in [4.78, 5) is 6.70. The Labute approximate surface area is 143 Å². The van der Waals surface area contributed by atoms with Gasteiger partial charge >= 0.3 is 0 Å². The number of piperidine rings is 1. The number of likely N-dealkylation sites (tertiary alicyclic amines) is 1. The summed E-state index contributed by atoms with van der Waals surface area (Å²) in [6, 6.07) is 5.89. The third-order valence-corrected chi connectivity index (χ3v) is 4.71. The van der Waals surface area contributed by atoms with E-state index < -0.39 is 0 Å². The van der Waals surface area contributed by atoms with Crippen LogP contribution in [0.1, 0.15) is 25.1 Å². The fourth-order valence-corrected chi connectivity index (χ4v) is 3.14. The normalized spacial score (nSPS) is 17.3. The van der Waals surface area contributed by atoms with Crippen molar-refractivity contribution in [3.63, 3.8) is 0 Å². The summed E-state index contributed by atoms with van der Waals surface area (Å²) in [6.45, 7) is 3.99. The number of fused-ring (bicyclic) bond motifs is 1. The van der Waals surface area contributed by atoms with Crippen LogP contribution < -0.4 is 10.6 Å². The maximum Gasteiger partial charge on any atom is 0.191 e. The van der Waals surface area contributed by atoms with Crippen LogP contribution in [-0.2, 0) is 6.54 Å². The predicted molar refractivity (Wildman–Crippen MR) is 96.0 cm³/mol. The minimum atomic E-state index is 0.596. The summed E-state index contributed by atoms with van der Waals surface area (Å²) in [5.41, 5.74) is 0.861. The number of nitrogens with zero attached hydrogens (tertiary/aromatic N) is 5. The van der Waals surface area contributed by atoms with Crippen LogP contribution >= 0.6 is 0 Å². The molecule has 2 N–H and O–H groups in total. The van der Waals surface area contributed by atoms with Gasteiger partial charge in [0, 0.05) is 19.8 Å². The monoisotopic (exact) mass is 329 g/mol. The zero-order valence-corrected chi connectivity index (χ0v) is 14.6. The number of rotatable bonds is 5. The zero-order chi connectivity index (χ0) is 16.8. The highest BCUT2D eigenvalue weighted by atomic mass is 15.3. The van der Waals surface area contributed by atoms with E-state index in [4.69, 9.17) is 0 Å². The Balaban J connectivity index is 1.43. The smallest absolute Gasteiger partial charge is 0.191 e. The molecule has 2 aromatic rings. The fraction of sp³-hybridized carbons (Fsp3) is 0.588. The van der Waals surface area contributed by atoms with Crippen LogP contribution in [0, 0.1) is 5.92 Å². The Morgan fingerprint density at radius 1 is 1.25 bits per heavy atom. The standard InChI is InChI=1S/C17H27N7/c1-18-17(19-9-6-14-7-11-23(2)12-8-14)20-13-16-22-21-15-5-3-4-10-24(15)16/h3-5,10,14H,6-9,11-13H2,1-2H3,(H2,18,19,20). The van der Waals surface area contributed by atoms with Crippen LogP contribution in [0.2, 0.25) is 0 Å². The highest BCUT2D eigenvalue weighted by molar-refractivity contribution is 5.79. The van der Waals surface area contributed by atoms with Gasteiger partial charge in [-0.05, 0) is 57.5 Å². The molecule has 7 heteroatoms. The van der Waals surface area contributed by atoms with Gasteiger partial charge in [0.1, 0.15) is 0 Å². The van der Waals surface area contributed by atoms with Gasteiger partial charge in [-0.25, -0.2) is 0 Å². The van der Waals surface area contributed by atoms with Gasteiger partial charge in [0.25, 0.3) is 0 Å². The number of nitrogens with one attached hydrogen (secondary N) is 2. The van der Waals surface area contributed by atoms with Gasteiger partial charge in [0.15, 0.2) is 17.4 Å². The number of guanidine groups is 1. The highest BCUT2D eigenvalue weighted by Crippen LogP contribution is 2.18. The van der Waals surface area contributed by atoms with E-state index in [1.54, 1.807) is 7.05 Å². The molecule has 3 rings (SSSR count). The summed E-state index contributed by atoms with van der Waals surface area (Å²) < 4.78 is 1.98. The average Bonchev–Trinajstić information content (AvgIpc) is 3.03. The van der Waals surface area contributed by atoms with Crippen LogP contribution in [0.25, 0.3) is 5.65 Å². The summed E-state index contributed by atoms with van der Waals surface area (Å²) in [6.07, 6.45) is 5.77. The van der Waals surface area contributed by atoms with Crippen molar-refractivity contribution in [1.29, 1.82) is 0 Å². The van der Waals surface area contributed by atoms with Crippen LogP contribution in [0.5, 0.6) is 0 Å². The quantitative estimate of drug-likeness (QED) is 0.636. The molecule has 0 aliphatic carbocycles. The summed E-state index contributed by atoms with van der Waals surface area (Å²) in [7, 11) is 4.00. The number of hydrogen-bond donors (Lipinski definition) is 2. The molecule has 1 fully saturated rings. The lowest BCUT2D eigenvalue weighted by molar-refractivity contribution is 0.213. The van der Waals surface area contributed by atoms with Crippen molar-refractivity contribution in [1.82, 2.24) is 30.1 Å². The van der Waals surface area contributed by atoms with Gasteiger partial charge in [0.2, 0.25) is 0 Å². The van der Waals surface area contributed by atoms with E-state index in [0.29, 0.717) is 6.54 Å². The molecule has 0 aromatic carbocycles. The number of pyridine rings is 1. The van der Waals surface area contributed by atoms with Crippen molar-refractivity contribution in [2.75, 3.05) is 33.7 Å². The van der Waals surface area contributed by atoms with Crippen LogP contribution in [0.4, 0.5) is 0 Å². The van der Waals surface area contributed by atoms with Crippen LogP contribution in [0.15, 0.2) is 29.4 Å². The number of aliphatic imine (C=N–C) groups is 1. The first-order valence-electron chi connectivity index (χ1n) is 8.68. The van der Waals surface area contributed by atoms with Gasteiger partial charge in [0.05, 0.1) is 6.54 Å². The van der Waals surface area contributed by atoms with E-state index in [0.717, 1.165) is 29.9 Å². The Kier molecular flexibility index (Phi) is 5.63. The maximum atomic E-state index is 4.29. The predicted octanol–water partition coefficient (Wildman–Crippen LogP) is 1.13. The van der Waals surface area contributed by atoms with Crippen molar-refractivity contribution < 1.29 is 0 Å². The van der Waals surface area contributed by atoms with Gasteiger partial charge in [-0.1, -0.05) is 6.07 Å². The molecule has 3 heterocycles. The van der Waals surface area contributed by atoms with Crippen LogP contribution in [-0.4, -0.2) is 59.2 Å². The van der Waals surface area contributed by atoms with Crippen LogP contribution in [0.3, 0.4) is 0 Å². The first-order valence-corrected chi connectivity index (χ1v) is 8.68. The summed E-state index contributed by atoms with van der Waals surface area (Å²) in [5, 5.41) is 15.1. The lowest BCUT2D eigenvalue weighted by Gasteiger charge is -2.29. The second-order valence-electron chi connectivity index (χ2n) is 6.43. The van der Waals surface area contributed by atoms with Crippen molar-refractivity contribution in [3.8, 4) is 0 Å². The van der Waals surface area contributed by atoms with Crippen molar-refractivity contribution >= 4 is 11.6 Å². The van der Waals surface area contributed by atoms with E-state index in [1.807, 2.05) is 28.8 Å². The molecule has 0 amide bonds. The molecule has 0 spiro atoms. The molecule has 1 aliphatic heterocycles. The molecular formula is C17H27N7. The average molecular weight is 329 g/mol. The molecule has 0 bridgehead atoms. The Morgan fingerprint density at radius 3 is 2.88 bits per heavy atom. The molecular weight excluding hydrogens is 302 g/mol. The molecule has 0 unspecified atom stereocenters. The SMILES string of the molecule is CN=C(NCCC1CCN(C)CC1)NCc1nnc2ccccn12. The second-order valence-corrected chi connectivity index (χ2v) is 6.43. The van der Waals surface area contributed by atoms with Gasteiger partial charge in [-0.3, -0.25) is 9.39 Å². The third kappa shape index (κ3) is 4.23. The summed E-state index contributed by atoms with van der Waals surface area (Å²) in [5.74, 6) is 2.52. The molecule has 130 valence electrons. The lowest BCUT2D eigenvalue weighted by Crippen LogP contribution is -2.39. The largest absolute Gasteiger partial charge is 0.356 e. The minimum absolute atomic E-state index is 0.596. The van der Waals surface area contributed by atoms with E-state index in [1.165, 1.54) is 32.4 Å². The molecule has 0 radical (unpaired) electrons. The third-order valence-electron chi connectivity index (χ3n) is 4.71. The van der Waals surface area contributed by atoms with Crippen molar-refractivity contribution in [2.45, 2.75) is 25.8 Å². The Hall–Kier alpha value is -2.15. The topological polar surface area (TPSA) is 69.8 Å². The Bertz CT molecular complexity index is 670. The first kappa shape index (κ1) is 16.7. The molecule has 2 aromatic heterocycles. The fourth-order valence-electron chi connectivity index (χ4n) is 3.14. The number of aromatic nitrogens is 3.